The lowest BCUT2D eigenvalue weighted by Gasteiger charge is -2.26. The van der Waals surface area contributed by atoms with Crippen molar-refractivity contribution in [1.82, 2.24) is 0 Å². The molecule has 1 heterocycles. The van der Waals surface area contributed by atoms with Crippen LogP contribution in [0.5, 0.6) is 0 Å². The maximum atomic E-state index is 6.17. The second kappa shape index (κ2) is 5.58. The number of benzene rings is 2. The van der Waals surface area contributed by atoms with Gasteiger partial charge in [0.15, 0.2) is 5.60 Å². The molecule has 102 valence electrons. The quantitative estimate of drug-likeness (QED) is 0.752. The van der Waals surface area contributed by atoms with Crippen molar-refractivity contribution >= 4 is 33.4 Å². The monoisotopic (exact) mass is 349 g/mol. The lowest BCUT2D eigenvalue weighted by atomic mass is 9.96. The molecule has 4 heteroatoms. The number of rotatable bonds is 3. The molecule has 0 aromatic heterocycles. The first-order valence-electron chi connectivity index (χ1n) is 6.34. The lowest BCUT2D eigenvalue weighted by molar-refractivity contribution is 0.115. The minimum Gasteiger partial charge on any atom is -0.463 e. The molecular formula is C16H13BrClNO. The largest absolute Gasteiger partial charge is 0.463 e. The molecule has 3 rings (SSSR count). The Morgan fingerprint density at radius 2 is 1.80 bits per heavy atom. The van der Waals surface area contributed by atoms with Gasteiger partial charge in [-0.15, -0.1) is 0 Å². The van der Waals surface area contributed by atoms with Gasteiger partial charge in [0.2, 0.25) is 5.90 Å². The molecular weight excluding hydrogens is 338 g/mol. The minimum absolute atomic E-state index is 0.449. The van der Waals surface area contributed by atoms with E-state index in [1.807, 2.05) is 54.6 Å². The van der Waals surface area contributed by atoms with Crippen LogP contribution in [0.3, 0.4) is 0 Å². The fourth-order valence-corrected chi connectivity index (χ4v) is 2.97. The first-order chi connectivity index (χ1) is 9.73. The topological polar surface area (TPSA) is 21.6 Å². The first kappa shape index (κ1) is 13.7. The Morgan fingerprint density at radius 3 is 2.45 bits per heavy atom. The van der Waals surface area contributed by atoms with Crippen LogP contribution in [-0.2, 0) is 10.3 Å². The summed E-state index contributed by atoms with van der Waals surface area (Å²) < 4.78 is 6.17. The van der Waals surface area contributed by atoms with Crippen LogP contribution < -0.4 is 0 Å². The van der Waals surface area contributed by atoms with Gasteiger partial charge in [0.1, 0.15) is 0 Å². The van der Waals surface area contributed by atoms with Gasteiger partial charge in [0, 0.05) is 15.9 Å². The van der Waals surface area contributed by atoms with Crippen LogP contribution >= 0.6 is 27.5 Å². The summed E-state index contributed by atoms with van der Waals surface area (Å²) in [6, 6.07) is 17.7. The SMILES string of the molecule is Clc1ccc([C@]2(CBr)CN=C(c3ccccc3)O2)cc1. The normalized spacial score (nSPS) is 21.4. The summed E-state index contributed by atoms with van der Waals surface area (Å²) in [7, 11) is 0. The Bertz CT molecular complexity index is 627. The second-order valence-corrected chi connectivity index (χ2v) is 5.72. The molecule has 2 nitrogen and oxygen atoms in total. The van der Waals surface area contributed by atoms with Crippen molar-refractivity contribution in [1.29, 1.82) is 0 Å². The predicted octanol–water partition coefficient (Wildman–Crippen LogP) is 4.41. The lowest BCUT2D eigenvalue weighted by Crippen LogP contribution is -2.32. The van der Waals surface area contributed by atoms with E-state index < -0.39 is 5.60 Å². The third-order valence-corrected chi connectivity index (χ3v) is 4.53. The molecule has 0 spiro atoms. The van der Waals surface area contributed by atoms with Gasteiger partial charge in [-0.25, -0.2) is 4.99 Å². The van der Waals surface area contributed by atoms with Gasteiger partial charge in [0.05, 0.1) is 6.54 Å². The second-order valence-electron chi connectivity index (χ2n) is 4.72. The number of aliphatic imine (C=N–C) groups is 1. The van der Waals surface area contributed by atoms with Gasteiger partial charge in [-0.1, -0.05) is 57.9 Å². The summed E-state index contributed by atoms with van der Waals surface area (Å²) in [6.07, 6.45) is 0. The molecule has 0 N–H and O–H groups in total. The van der Waals surface area contributed by atoms with E-state index in [2.05, 4.69) is 20.9 Å². The van der Waals surface area contributed by atoms with Crippen LogP contribution in [0.1, 0.15) is 11.1 Å². The molecule has 0 aliphatic carbocycles. The highest BCUT2D eigenvalue weighted by molar-refractivity contribution is 9.09. The molecule has 0 saturated carbocycles. The van der Waals surface area contributed by atoms with Crippen molar-refractivity contribution in [3.8, 4) is 0 Å². The highest BCUT2D eigenvalue weighted by Gasteiger charge is 2.39. The number of hydrogen-bond acceptors (Lipinski definition) is 2. The molecule has 1 aliphatic heterocycles. The molecule has 0 fully saturated rings. The van der Waals surface area contributed by atoms with Gasteiger partial charge in [-0.05, 0) is 29.8 Å². The Labute approximate surface area is 131 Å². The van der Waals surface area contributed by atoms with Crippen LogP contribution in [0.2, 0.25) is 5.02 Å². The van der Waals surface area contributed by atoms with Crippen molar-refractivity contribution in [3.05, 3.63) is 70.7 Å². The van der Waals surface area contributed by atoms with E-state index >= 15 is 0 Å². The van der Waals surface area contributed by atoms with Crippen LogP contribution in [-0.4, -0.2) is 17.8 Å². The first-order valence-corrected chi connectivity index (χ1v) is 7.84. The van der Waals surface area contributed by atoms with E-state index in [0.717, 1.165) is 16.1 Å². The highest BCUT2D eigenvalue weighted by atomic mass is 79.9. The maximum Gasteiger partial charge on any atom is 0.217 e. The zero-order chi connectivity index (χ0) is 14.0. The molecule has 0 bridgehead atoms. The van der Waals surface area contributed by atoms with E-state index in [-0.39, 0.29) is 0 Å². The minimum atomic E-state index is -0.449. The summed E-state index contributed by atoms with van der Waals surface area (Å²) in [6.45, 7) is 0.601. The van der Waals surface area contributed by atoms with Gasteiger partial charge >= 0.3 is 0 Å². The van der Waals surface area contributed by atoms with Crippen LogP contribution in [0.4, 0.5) is 0 Å². The van der Waals surface area contributed by atoms with E-state index in [1.54, 1.807) is 0 Å². The van der Waals surface area contributed by atoms with Crippen LogP contribution in [0, 0.1) is 0 Å². The standard InChI is InChI=1S/C16H13BrClNO/c17-10-16(13-6-8-14(18)9-7-13)11-19-15(20-16)12-4-2-1-3-5-12/h1-9H,10-11H2/t16-/m0/s1. The molecule has 0 saturated heterocycles. The fourth-order valence-electron chi connectivity index (χ4n) is 2.23. The molecule has 20 heavy (non-hydrogen) atoms. The molecule has 1 aliphatic rings. The van der Waals surface area contributed by atoms with Gasteiger partial charge in [0.25, 0.3) is 0 Å². The number of hydrogen-bond donors (Lipinski definition) is 0. The third-order valence-electron chi connectivity index (χ3n) is 3.38. The van der Waals surface area contributed by atoms with Gasteiger partial charge in [-0.2, -0.15) is 0 Å². The molecule has 2 aromatic carbocycles. The van der Waals surface area contributed by atoms with Crippen molar-refractivity contribution in [2.75, 3.05) is 11.9 Å². The average Bonchev–Trinajstić information content (AvgIpc) is 2.95. The Kier molecular flexibility index (Phi) is 3.81. The van der Waals surface area contributed by atoms with Crippen molar-refractivity contribution < 1.29 is 4.74 Å². The van der Waals surface area contributed by atoms with Crippen LogP contribution in [0.15, 0.2) is 59.6 Å². The van der Waals surface area contributed by atoms with Gasteiger partial charge in [-0.3, -0.25) is 0 Å². The summed E-state index contributed by atoms with van der Waals surface area (Å²) in [5.74, 6) is 0.694. The fraction of sp³-hybridized carbons (Fsp3) is 0.188. The number of ether oxygens (including phenoxy) is 1. The van der Waals surface area contributed by atoms with Crippen LogP contribution in [0.25, 0.3) is 0 Å². The van der Waals surface area contributed by atoms with Crippen molar-refractivity contribution in [2.45, 2.75) is 5.60 Å². The van der Waals surface area contributed by atoms with E-state index in [0.29, 0.717) is 17.8 Å². The van der Waals surface area contributed by atoms with E-state index in [4.69, 9.17) is 16.3 Å². The number of nitrogens with zero attached hydrogens (tertiary/aromatic N) is 1. The summed E-state index contributed by atoms with van der Waals surface area (Å²) in [5, 5.41) is 1.40. The summed E-state index contributed by atoms with van der Waals surface area (Å²) in [5.41, 5.74) is 1.63. The molecule has 0 amide bonds. The number of alkyl halides is 1. The molecule has 1 atom stereocenters. The summed E-state index contributed by atoms with van der Waals surface area (Å²) >= 11 is 9.51. The summed E-state index contributed by atoms with van der Waals surface area (Å²) in [4.78, 5) is 4.56. The molecule has 0 unspecified atom stereocenters. The Hall–Kier alpha value is -1.32. The molecule has 0 radical (unpaired) electrons. The molecule has 2 aromatic rings. The maximum absolute atomic E-state index is 6.17. The van der Waals surface area contributed by atoms with Gasteiger partial charge < -0.3 is 4.74 Å². The smallest absolute Gasteiger partial charge is 0.217 e. The number of halogens is 2. The highest BCUT2D eigenvalue weighted by Crippen LogP contribution is 2.34. The Balaban J connectivity index is 1.89. The van der Waals surface area contributed by atoms with E-state index in [1.165, 1.54) is 0 Å². The van der Waals surface area contributed by atoms with Crippen molar-refractivity contribution in [2.24, 2.45) is 4.99 Å². The zero-order valence-corrected chi connectivity index (χ0v) is 13.1. The van der Waals surface area contributed by atoms with Crippen molar-refractivity contribution in [3.63, 3.8) is 0 Å². The Morgan fingerprint density at radius 1 is 1.10 bits per heavy atom. The zero-order valence-electron chi connectivity index (χ0n) is 10.7. The third kappa shape index (κ3) is 2.48. The van der Waals surface area contributed by atoms with E-state index in [9.17, 15) is 0 Å². The average molecular weight is 351 g/mol. The predicted molar refractivity (Wildman–Crippen MR) is 85.9 cm³/mol.